The lowest BCUT2D eigenvalue weighted by Gasteiger charge is -2.10. The third kappa shape index (κ3) is 3.66. The van der Waals surface area contributed by atoms with Crippen molar-refractivity contribution in [1.82, 2.24) is 29.9 Å². The Labute approximate surface area is 193 Å². The van der Waals surface area contributed by atoms with Gasteiger partial charge >= 0.3 is 0 Å². The van der Waals surface area contributed by atoms with Crippen LogP contribution in [0.3, 0.4) is 0 Å². The summed E-state index contributed by atoms with van der Waals surface area (Å²) in [5.41, 5.74) is 4.66. The molecule has 7 nitrogen and oxygen atoms in total. The number of nitrogens with zero attached hydrogens (tertiary/aromatic N) is 5. The van der Waals surface area contributed by atoms with E-state index in [1.807, 2.05) is 35.6 Å². The number of pyridine rings is 1. The fourth-order valence-corrected chi connectivity index (χ4v) is 4.03. The van der Waals surface area contributed by atoms with E-state index in [1.54, 1.807) is 36.5 Å². The second kappa shape index (κ2) is 8.18. The molecule has 0 saturated heterocycles. The zero-order valence-electron chi connectivity index (χ0n) is 16.9. The molecule has 0 aliphatic carbocycles. The van der Waals surface area contributed by atoms with Gasteiger partial charge in [-0.1, -0.05) is 29.3 Å². The Morgan fingerprint density at radius 3 is 2.72 bits per heavy atom. The van der Waals surface area contributed by atoms with Gasteiger partial charge in [0.15, 0.2) is 11.5 Å². The lowest BCUT2D eigenvalue weighted by Crippen LogP contribution is -2.23. The fourth-order valence-electron chi connectivity index (χ4n) is 3.54. The summed E-state index contributed by atoms with van der Waals surface area (Å²) in [4.78, 5) is 21.7. The van der Waals surface area contributed by atoms with Gasteiger partial charge in [-0.15, -0.1) is 10.2 Å². The van der Waals surface area contributed by atoms with Crippen LogP contribution >= 0.6 is 23.2 Å². The van der Waals surface area contributed by atoms with E-state index in [2.05, 4.69) is 25.5 Å². The quantitative estimate of drug-likeness (QED) is 0.411. The number of aryl methyl sites for hydroxylation is 1. The number of hydrogen-bond acceptors (Lipinski definition) is 5. The van der Waals surface area contributed by atoms with Gasteiger partial charge in [0.2, 0.25) is 0 Å². The summed E-state index contributed by atoms with van der Waals surface area (Å²) < 4.78 is 1.86. The summed E-state index contributed by atoms with van der Waals surface area (Å²) >= 11 is 12.5. The van der Waals surface area contributed by atoms with Crippen LogP contribution in [0.5, 0.6) is 0 Å². The molecule has 0 saturated carbocycles. The number of carbonyl (C=O) groups excluding carboxylic acids is 1. The molecule has 3 heterocycles. The SMILES string of the molecule is Cc1nc2ccc(C(=O)NCc3ccccn3)cc2n2c(-c3ccc(Cl)cc3Cl)nnc12. The van der Waals surface area contributed by atoms with Crippen LogP contribution in [0.4, 0.5) is 0 Å². The molecular weight excluding hydrogens is 447 g/mol. The molecule has 0 atom stereocenters. The summed E-state index contributed by atoms with van der Waals surface area (Å²) in [6.07, 6.45) is 1.69. The van der Waals surface area contributed by atoms with E-state index >= 15 is 0 Å². The third-order valence-corrected chi connectivity index (χ3v) is 5.63. The number of aromatic nitrogens is 5. The summed E-state index contributed by atoms with van der Waals surface area (Å²) in [6.45, 7) is 2.20. The first-order chi connectivity index (χ1) is 15.5. The van der Waals surface area contributed by atoms with Crippen LogP contribution in [0.1, 0.15) is 21.7 Å². The van der Waals surface area contributed by atoms with Gasteiger partial charge in [-0.25, -0.2) is 4.98 Å². The van der Waals surface area contributed by atoms with Crippen LogP contribution in [-0.4, -0.2) is 30.5 Å². The van der Waals surface area contributed by atoms with Crippen molar-refractivity contribution in [3.63, 3.8) is 0 Å². The molecule has 5 rings (SSSR count). The van der Waals surface area contributed by atoms with Crippen molar-refractivity contribution in [2.75, 3.05) is 0 Å². The van der Waals surface area contributed by atoms with Crippen molar-refractivity contribution in [1.29, 1.82) is 0 Å². The van der Waals surface area contributed by atoms with E-state index in [4.69, 9.17) is 23.2 Å². The topological polar surface area (TPSA) is 85.1 Å². The number of carbonyl (C=O) groups is 1. The van der Waals surface area contributed by atoms with Crippen LogP contribution in [0.2, 0.25) is 10.0 Å². The summed E-state index contributed by atoms with van der Waals surface area (Å²) in [5, 5.41) is 12.5. The van der Waals surface area contributed by atoms with Gasteiger partial charge in [0.1, 0.15) is 0 Å². The van der Waals surface area contributed by atoms with E-state index in [-0.39, 0.29) is 5.91 Å². The highest BCUT2D eigenvalue weighted by Crippen LogP contribution is 2.31. The number of benzene rings is 2. The molecule has 158 valence electrons. The van der Waals surface area contributed by atoms with Crippen molar-refractivity contribution in [3.05, 3.63) is 87.8 Å². The Morgan fingerprint density at radius 1 is 1.06 bits per heavy atom. The van der Waals surface area contributed by atoms with E-state index in [0.717, 1.165) is 5.69 Å². The van der Waals surface area contributed by atoms with Crippen LogP contribution in [0.25, 0.3) is 28.1 Å². The number of nitrogens with one attached hydrogen (secondary N) is 1. The molecule has 0 bridgehead atoms. The molecule has 0 aliphatic heterocycles. The zero-order chi connectivity index (χ0) is 22.2. The normalized spacial score (nSPS) is 11.2. The maximum Gasteiger partial charge on any atom is 0.251 e. The highest BCUT2D eigenvalue weighted by atomic mass is 35.5. The highest BCUT2D eigenvalue weighted by Gasteiger charge is 2.18. The Morgan fingerprint density at radius 2 is 1.94 bits per heavy atom. The summed E-state index contributed by atoms with van der Waals surface area (Å²) in [5.74, 6) is 0.327. The zero-order valence-corrected chi connectivity index (χ0v) is 18.4. The van der Waals surface area contributed by atoms with Crippen molar-refractivity contribution in [3.8, 4) is 11.4 Å². The molecule has 3 aromatic heterocycles. The fraction of sp³-hybridized carbons (Fsp3) is 0.0870. The maximum absolute atomic E-state index is 12.8. The molecule has 0 radical (unpaired) electrons. The van der Waals surface area contributed by atoms with Crippen molar-refractivity contribution >= 4 is 45.8 Å². The second-order valence-corrected chi connectivity index (χ2v) is 8.05. The molecule has 0 spiro atoms. The highest BCUT2D eigenvalue weighted by molar-refractivity contribution is 6.36. The van der Waals surface area contributed by atoms with Crippen LogP contribution < -0.4 is 5.32 Å². The molecule has 2 aromatic carbocycles. The molecule has 32 heavy (non-hydrogen) atoms. The molecule has 0 aliphatic rings. The predicted octanol–water partition coefficient (Wildman–Crippen LogP) is 4.88. The van der Waals surface area contributed by atoms with E-state index in [9.17, 15) is 4.79 Å². The Hall–Kier alpha value is -3.55. The average Bonchev–Trinajstić information content (AvgIpc) is 3.24. The molecule has 0 unspecified atom stereocenters. The minimum atomic E-state index is -0.217. The van der Waals surface area contributed by atoms with E-state index in [0.29, 0.717) is 55.9 Å². The van der Waals surface area contributed by atoms with Crippen LogP contribution in [0, 0.1) is 6.92 Å². The minimum Gasteiger partial charge on any atom is -0.346 e. The predicted molar refractivity (Wildman–Crippen MR) is 124 cm³/mol. The van der Waals surface area contributed by atoms with Gasteiger partial charge < -0.3 is 5.32 Å². The van der Waals surface area contributed by atoms with Crippen LogP contribution in [0.15, 0.2) is 60.8 Å². The second-order valence-electron chi connectivity index (χ2n) is 7.21. The Kier molecular flexibility index (Phi) is 5.20. The molecule has 5 aromatic rings. The van der Waals surface area contributed by atoms with Gasteiger partial charge in [-0.3, -0.25) is 14.2 Å². The number of halogens is 2. The standard InChI is InChI=1S/C23H16Cl2N6O/c1-13-21-29-30-22(17-7-6-15(24)11-18(17)25)31(21)20-10-14(5-8-19(20)28-13)23(32)27-12-16-4-2-3-9-26-16/h2-11H,12H2,1H3,(H,27,32). The molecular formula is C23H16Cl2N6O. The first-order valence-electron chi connectivity index (χ1n) is 9.80. The van der Waals surface area contributed by atoms with Crippen LogP contribution in [-0.2, 0) is 6.54 Å². The lowest BCUT2D eigenvalue weighted by atomic mass is 10.1. The molecule has 1 N–H and O–H groups in total. The number of fused-ring (bicyclic) bond motifs is 3. The van der Waals surface area contributed by atoms with Gasteiger partial charge in [-0.05, 0) is 55.5 Å². The maximum atomic E-state index is 12.8. The number of amides is 1. The van der Waals surface area contributed by atoms with Gasteiger partial charge in [0.05, 0.1) is 34.0 Å². The van der Waals surface area contributed by atoms with Crippen molar-refractivity contribution in [2.45, 2.75) is 13.5 Å². The first-order valence-corrected chi connectivity index (χ1v) is 10.6. The summed E-state index contributed by atoms with van der Waals surface area (Å²) in [7, 11) is 0. The Balaban J connectivity index is 1.61. The summed E-state index contributed by atoms with van der Waals surface area (Å²) in [6, 6.07) is 16.1. The minimum absolute atomic E-state index is 0.217. The van der Waals surface area contributed by atoms with Crippen molar-refractivity contribution in [2.24, 2.45) is 0 Å². The van der Waals surface area contributed by atoms with E-state index in [1.165, 1.54) is 0 Å². The van der Waals surface area contributed by atoms with Gasteiger partial charge in [-0.2, -0.15) is 0 Å². The molecule has 1 amide bonds. The van der Waals surface area contributed by atoms with Gasteiger partial charge in [0, 0.05) is 22.3 Å². The smallest absolute Gasteiger partial charge is 0.251 e. The molecule has 9 heteroatoms. The first kappa shape index (κ1) is 20.4. The lowest BCUT2D eigenvalue weighted by molar-refractivity contribution is 0.0950. The van der Waals surface area contributed by atoms with Crippen molar-refractivity contribution < 1.29 is 4.79 Å². The average molecular weight is 463 g/mol. The Bertz CT molecular complexity index is 1480. The largest absolute Gasteiger partial charge is 0.346 e. The number of rotatable bonds is 4. The monoisotopic (exact) mass is 462 g/mol. The number of hydrogen-bond donors (Lipinski definition) is 1. The molecule has 0 fully saturated rings. The van der Waals surface area contributed by atoms with Gasteiger partial charge in [0.25, 0.3) is 5.91 Å². The van der Waals surface area contributed by atoms with E-state index < -0.39 is 0 Å². The third-order valence-electron chi connectivity index (χ3n) is 5.08.